The molecule has 6 aromatic carbocycles. The lowest BCUT2D eigenvalue weighted by molar-refractivity contribution is 0.367. The number of benzene rings is 6. The molecular weight excluding hydrogens is 601 g/mol. The van der Waals surface area contributed by atoms with Gasteiger partial charge in [0.15, 0.2) is 0 Å². The maximum atomic E-state index is 11.6. The van der Waals surface area contributed by atoms with Gasteiger partial charge in [0.1, 0.15) is 11.5 Å². The van der Waals surface area contributed by atoms with E-state index in [0.717, 1.165) is 70.2 Å². The number of nitrogens with zero attached hydrogens (tertiary/aromatic N) is 2. The molecule has 0 amide bonds. The van der Waals surface area contributed by atoms with Gasteiger partial charge in [-0.1, -0.05) is 121 Å². The molecule has 6 aromatic rings. The zero-order valence-corrected chi connectivity index (χ0v) is 27.3. The van der Waals surface area contributed by atoms with Crippen LogP contribution < -0.4 is 0 Å². The SMILES string of the molecule is Oc1c(C=NC2CC3CCC2(N=Cc2cc(-c4ccccc4)cc(-c4ccccc4)c2O)C3)cc(-c2ccccc2)cc1-c1ccccc1. The molecule has 4 nitrogen and oxygen atoms in total. The number of aliphatic imine (C=N–C) groups is 2. The third-order valence-electron chi connectivity index (χ3n) is 10.3. The van der Waals surface area contributed by atoms with Crippen molar-refractivity contribution < 1.29 is 10.2 Å². The van der Waals surface area contributed by atoms with Crippen LogP contribution in [0.15, 0.2) is 156 Å². The summed E-state index contributed by atoms with van der Waals surface area (Å²) in [5.74, 6) is 1.02. The monoisotopic (exact) mass is 638 g/mol. The van der Waals surface area contributed by atoms with Gasteiger partial charge in [-0.25, -0.2) is 0 Å². The third kappa shape index (κ3) is 6.07. The maximum absolute atomic E-state index is 11.6. The molecule has 0 saturated heterocycles. The van der Waals surface area contributed by atoms with Gasteiger partial charge >= 0.3 is 0 Å². The van der Waals surface area contributed by atoms with Gasteiger partial charge in [-0.15, -0.1) is 0 Å². The lowest BCUT2D eigenvalue weighted by Crippen LogP contribution is -2.34. The largest absolute Gasteiger partial charge is 0.507 e. The van der Waals surface area contributed by atoms with Crippen molar-refractivity contribution in [2.24, 2.45) is 15.9 Å². The molecule has 0 heterocycles. The molecule has 2 fully saturated rings. The van der Waals surface area contributed by atoms with Crippen LogP contribution in [-0.4, -0.2) is 34.2 Å². The summed E-state index contributed by atoms with van der Waals surface area (Å²) in [7, 11) is 0. The van der Waals surface area contributed by atoms with E-state index in [1.807, 2.05) is 122 Å². The summed E-state index contributed by atoms with van der Waals surface area (Å²) in [4.78, 5) is 10.5. The Kier molecular flexibility index (Phi) is 8.14. The number of rotatable bonds is 8. The number of aromatic hydroxyl groups is 2. The minimum Gasteiger partial charge on any atom is -0.507 e. The van der Waals surface area contributed by atoms with Crippen LogP contribution in [0.25, 0.3) is 44.5 Å². The predicted molar refractivity (Wildman–Crippen MR) is 202 cm³/mol. The highest BCUT2D eigenvalue weighted by Gasteiger charge is 2.52. The van der Waals surface area contributed by atoms with E-state index in [-0.39, 0.29) is 23.1 Å². The molecular formula is C45H38N2O2. The van der Waals surface area contributed by atoms with Crippen LogP contribution in [0, 0.1) is 5.92 Å². The van der Waals surface area contributed by atoms with Gasteiger partial charge in [0.2, 0.25) is 0 Å². The van der Waals surface area contributed by atoms with E-state index in [1.54, 1.807) is 0 Å². The van der Waals surface area contributed by atoms with Gasteiger partial charge in [0, 0.05) is 34.7 Å². The Morgan fingerprint density at radius 3 is 1.45 bits per heavy atom. The first-order valence-electron chi connectivity index (χ1n) is 17.1. The van der Waals surface area contributed by atoms with Gasteiger partial charge in [0.05, 0.1) is 11.6 Å². The molecule has 2 aliphatic rings. The van der Waals surface area contributed by atoms with Gasteiger partial charge < -0.3 is 10.2 Å². The molecule has 2 bridgehead atoms. The number of fused-ring (bicyclic) bond motifs is 2. The average Bonchev–Trinajstić information content (AvgIpc) is 3.74. The topological polar surface area (TPSA) is 65.2 Å². The Morgan fingerprint density at radius 1 is 0.531 bits per heavy atom. The van der Waals surface area contributed by atoms with Crippen LogP contribution in [0.1, 0.15) is 36.8 Å². The predicted octanol–water partition coefficient (Wildman–Crippen LogP) is 10.6. The van der Waals surface area contributed by atoms with Crippen LogP contribution in [0.4, 0.5) is 0 Å². The quantitative estimate of drug-likeness (QED) is 0.163. The molecule has 8 rings (SSSR count). The molecule has 3 unspecified atom stereocenters. The van der Waals surface area contributed by atoms with E-state index in [4.69, 9.17) is 9.98 Å². The highest BCUT2D eigenvalue weighted by atomic mass is 16.3. The molecule has 0 aliphatic heterocycles. The van der Waals surface area contributed by atoms with Crippen molar-refractivity contribution in [3.05, 3.63) is 157 Å². The van der Waals surface area contributed by atoms with Crippen molar-refractivity contribution in [3.8, 4) is 56.0 Å². The minimum absolute atomic E-state index is 0.0181. The molecule has 4 heteroatoms. The first-order chi connectivity index (χ1) is 24.1. The Morgan fingerprint density at radius 2 is 0.980 bits per heavy atom. The van der Waals surface area contributed by atoms with E-state index >= 15 is 0 Å². The summed E-state index contributed by atoms with van der Waals surface area (Å²) < 4.78 is 0. The normalized spacial score (nSPS) is 20.0. The highest BCUT2D eigenvalue weighted by molar-refractivity contribution is 5.93. The fourth-order valence-corrected chi connectivity index (χ4v) is 7.75. The van der Waals surface area contributed by atoms with Gasteiger partial charge in [-0.2, -0.15) is 0 Å². The Bertz CT molecular complexity index is 2140. The van der Waals surface area contributed by atoms with E-state index in [0.29, 0.717) is 17.0 Å². The van der Waals surface area contributed by atoms with Crippen molar-refractivity contribution in [3.63, 3.8) is 0 Å². The Hall–Kier alpha value is -5.74. The molecule has 0 aromatic heterocycles. The van der Waals surface area contributed by atoms with Gasteiger partial charge in [0.25, 0.3) is 0 Å². The van der Waals surface area contributed by atoms with E-state index < -0.39 is 0 Å². The van der Waals surface area contributed by atoms with E-state index in [9.17, 15) is 10.2 Å². The molecule has 49 heavy (non-hydrogen) atoms. The minimum atomic E-state index is -0.349. The van der Waals surface area contributed by atoms with Crippen molar-refractivity contribution >= 4 is 12.4 Å². The zero-order chi connectivity index (χ0) is 33.2. The summed E-state index contributed by atoms with van der Waals surface area (Å²) in [5.41, 5.74) is 8.78. The lowest BCUT2D eigenvalue weighted by atomic mass is 9.89. The second-order valence-corrected chi connectivity index (χ2v) is 13.4. The van der Waals surface area contributed by atoms with Gasteiger partial charge in [-0.05, 0) is 89.2 Å². The van der Waals surface area contributed by atoms with Crippen LogP contribution >= 0.6 is 0 Å². The molecule has 240 valence electrons. The molecule has 2 aliphatic carbocycles. The van der Waals surface area contributed by atoms with Crippen LogP contribution in [0.3, 0.4) is 0 Å². The first kappa shape index (κ1) is 30.6. The smallest absolute Gasteiger partial charge is 0.132 e. The summed E-state index contributed by atoms with van der Waals surface area (Å²) >= 11 is 0. The summed E-state index contributed by atoms with van der Waals surface area (Å²) in [6, 6.07) is 48.7. The summed E-state index contributed by atoms with van der Waals surface area (Å²) in [6.45, 7) is 0. The van der Waals surface area contributed by atoms with Crippen molar-refractivity contribution in [1.29, 1.82) is 0 Å². The summed E-state index contributed by atoms with van der Waals surface area (Å²) in [5, 5.41) is 23.2. The first-order valence-corrected chi connectivity index (χ1v) is 17.1. The Balaban J connectivity index is 1.16. The Labute approximate surface area is 287 Å². The van der Waals surface area contributed by atoms with Crippen LogP contribution in [0.5, 0.6) is 11.5 Å². The van der Waals surface area contributed by atoms with Gasteiger partial charge in [-0.3, -0.25) is 9.98 Å². The fourth-order valence-electron chi connectivity index (χ4n) is 7.75. The van der Waals surface area contributed by atoms with E-state index in [2.05, 4.69) is 36.4 Å². The van der Waals surface area contributed by atoms with E-state index in [1.165, 1.54) is 0 Å². The van der Waals surface area contributed by atoms with Crippen molar-refractivity contribution in [1.82, 2.24) is 0 Å². The molecule has 3 atom stereocenters. The van der Waals surface area contributed by atoms with Crippen LogP contribution in [-0.2, 0) is 0 Å². The molecule has 0 spiro atoms. The number of phenolic OH excluding ortho intramolecular Hbond substituents is 2. The maximum Gasteiger partial charge on any atom is 0.132 e. The molecule has 2 saturated carbocycles. The number of hydrogen-bond acceptors (Lipinski definition) is 4. The molecule has 2 N–H and O–H groups in total. The average molecular weight is 639 g/mol. The lowest BCUT2D eigenvalue weighted by Gasteiger charge is -2.28. The zero-order valence-electron chi connectivity index (χ0n) is 27.3. The second-order valence-electron chi connectivity index (χ2n) is 13.4. The summed E-state index contributed by atoms with van der Waals surface area (Å²) in [6.07, 6.45) is 7.75. The second kappa shape index (κ2) is 13.0. The number of hydrogen-bond donors (Lipinski definition) is 2. The van der Waals surface area contributed by atoms with Crippen molar-refractivity contribution in [2.45, 2.75) is 37.3 Å². The third-order valence-corrected chi connectivity index (χ3v) is 10.3. The fraction of sp³-hybridized carbons (Fsp3) is 0.156. The number of phenols is 2. The highest BCUT2D eigenvalue weighted by Crippen LogP contribution is 2.52. The van der Waals surface area contributed by atoms with Crippen LogP contribution in [0.2, 0.25) is 0 Å². The van der Waals surface area contributed by atoms with Crippen molar-refractivity contribution in [2.75, 3.05) is 0 Å². The standard InChI is InChI=1S/C45H38N2O2/c48-43-38(24-36(32-13-5-1-6-14-32)26-40(43)34-17-9-3-10-18-34)29-46-42-23-31-21-22-45(42,28-31)47-30-39-25-37(33-15-7-2-8-16-33)27-41(44(39)49)35-19-11-4-12-20-35/h1-20,24-27,29-31,42,48-49H,21-23,28H2. The molecule has 0 radical (unpaired) electrons.